The Kier molecular flexibility index (Phi) is 5.81. The molecule has 9 nitrogen and oxygen atoms in total. The molecule has 4 aromatic heterocycles. The summed E-state index contributed by atoms with van der Waals surface area (Å²) in [5.41, 5.74) is 4.07. The zero-order chi connectivity index (χ0) is 27.4. The van der Waals surface area contributed by atoms with E-state index in [1.54, 1.807) is 36.1 Å². The summed E-state index contributed by atoms with van der Waals surface area (Å²) in [5.74, 6) is 1.44. The summed E-state index contributed by atoms with van der Waals surface area (Å²) in [6.45, 7) is 1.22. The predicted octanol–water partition coefficient (Wildman–Crippen LogP) is 5.18. The van der Waals surface area contributed by atoms with Crippen LogP contribution in [0.15, 0.2) is 53.5 Å². The van der Waals surface area contributed by atoms with E-state index >= 15 is 0 Å². The van der Waals surface area contributed by atoms with Crippen molar-refractivity contribution in [2.45, 2.75) is 37.4 Å². The van der Waals surface area contributed by atoms with Gasteiger partial charge in [0.25, 0.3) is 0 Å². The van der Waals surface area contributed by atoms with Gasteiger partial charge in [-0.1, -0.05) is 24.3 Å². The number of pyridine rings is 1. The third kappa shape index (κ3) is 4.37. The van der Waals surface area contributed by atoms with Crippen molar-refractivity contribution in [3.8, 4) is 28.7 Å². The lowest BCUT2D eigenvalue weighted by atomic mass is 10.1. The zero-order valence-corrected chi connectivity index (χ0v) is 21.4. The van der Waals surface area contributed by atoms with Gasteiger partial charge in [-0.2, -0.15) is 13.2 Å². The van der Waals surface area contributed by atoms with Crippen LogP contribution in [0.3, 0.4) is 0 Å². The second-order valence-electron chi connectivity index (χ2n) is 10.1. The van der Waals surface area contributed by atoms with E-state index in [1.807, 2.05) is 12.1 Å². The van der Waals surface area contributed by atoms with Crippen molar-refractivity contribution >= 4 is 11.1 Å². The Morgan fingerprint density at radius 1 is 1.05 bits per heavy atom. The van der Waals surface area contributed by atoms with Crippen molar-refractivity contribution in [1.29, 1.82) is 0 Å². The summed E-state index contributed by atoms with van der Waals surface area (Å²) < 4.78 is 53.6. The Morgan fingerprint density at radius 3 is 2.52 bits per heavy atom. The fraction of sp³-hybridized carbons (Fsp3) is 0.321. The number of aromatic nitrogens is 6. The van der Waals surface area contributed by atoms with Gasteiger partial charge in [0.1, 0.15) is 23.2 Å². The highest BCUT2D eigenvalue weighted by molar-refractivity contribution is 5.80. The number of oxazole rings is 1. The van der Waals surface area contributed by atoms with Gasteiger partial charge in [-0.25, -0.2) is 19.9 Å². The van der Waals surface area contributed by atoms with Crippen molar-refractivity contribution in [3.05, 3.63) is 71.7 Å². The predicted molar refractivity (Wildman–Crippen MR) is 139 cm³/mol. The first kappa shape index (κ1) is 24.7. The number of halogens is 3. The SMILES string of the molecule is COc1ncnc(C2CC2)c1-c1nc2ccnc(Cc3ccc(-c4nc(C(F)(F)F)cn4C4CNC4)cc3)c2o1. The molecule has 1 aliphatic heterocycles. The molecule has 1 saturated heterocycles. The Labute approximate surface area is 226 Å². The normalized spacial score (nSPS) is 15.9. The van der Waals surface area contributed by atoms with Crippen molar-refractivity contribution in [2.75, 3.05) is 20.2 Å². The van der Waals surface area contributed by atoms with Crippen LogP contribution in [0.5, 0.6) is 5.88 Å². The lowest BCUT2D eigenvalue weighted by molar-refractivity contribution is -0.140. The average Bonchev–Trinajstić information content (AvgIpc) is 3.52. The molecule has 5 aromatic rings. The Balaban J connectivity index is 1.20. The second kappa shape index (κ2) is 9.40. The van der Waals surface area contributed by atoms with E-state index in [9.17, 15) is 13.2 Å². The maximum absolute atomic E-state index is 13.4. The highest BCUT2D eigenvalue weighted by atomic mass is 19.4. The standard InChI is InChI=1S/C28H24F3N7O2/c1-39-26-22(23(16-6-7-16)34-14-35-26)27-36-19-8-9-33-20(24(19)40-27)10-15-2-4-17(5-3-15)25-37-21(28(29,30)31)13-38(25)18-11-32-12-18/h2-5,8-9,13-14,16,18,32H,6-7,10-12H2,1H3. The number of benzene rings is 1. The molecule has 40 heavy (non-hydrogen) atoms. The van der Waals surface area contributed by atoms with Gasteiger partial charge in [-0.05, 0) is 24.5 Å². The van der Waals surface area contributed by atoms with E-state index in [4.69, 9.17) is 14.1 Å². The van der Waals surface area contributed by atoms with Gasteiger partial charge < -0.3 is 19.0 Å². The third-order valence-corrected chi connectivity index (χ3v) is 7.35. The first-order valence-corrected chi connectivity index (χ1v) is 13.0. The number of imidazole rings is 1. The lowest BCUT2D eigenvalue weighted by Gasteiger charge is -2.29. The minimum absolute atomic E-state index is 0.0604. The molecule has 0 radical (unpaired) electrons. The number of nitrogens with one attached hydrogen (secondary N) is 1. The highest BCUT2D eigenvalue weighted by Crippen LogP contribution is 2.46. The van der Waals surface area contributed by atoms with Gasteiger partial charge in [0.15, 0.2) is 11.3 Å². The van der Waals surface area contributed by atoms with Crippen molar-refractivity contribution in [2.24, 2.45) is 0 Å². The molecule has 1 N–H and O–H groups in total. The first-order valence-electron chi connectivity index (χ1n) is 13.0. The quantitative estimate of drug-likeness (QED) is 0.297. The van der Waals surface area contributed by atoms with E-state index in [1.165, 1.54) is 6.33 Å². The minimum Gasteiger partial charge on any atom is -0.480 e. The molecule has 2 aliphatic rings. The van der Waals surface area contributed by atoms with Crippen LogP contribution < -0.4 is 10.1 Å². The number of hydrogen-bond acceptors (Lipinski definition) is 8. The van der Waals surface area contributed by atoms with Crippen LogP contribution in [-0.4, -0.2) is 49.7 Å². The molecule has 0 atom stereocenters. The molecule has 5 heterocycles. The fourth-order valence-corrected chi connectivity index (χ4v) is 5.00. The van der Waals surface area contributed by atoms with Crippen LogP contribution in [0.1, 0.15) is 47.4 Å². The first-order chi connectivity index (χ1) is 19.4. The smallest absolute Gasteiger partial charge is 0.434 e. The van der Waals surface area contributed by atoms with E-state index in [0.717, 1.165) is 30.3 Å². The van der Waals surface area contributed by atoms with Gasteiger partial charge >= 0.3 is 6.18 Å². The molecule has 1 aliphatic carbocycles. The van der Waals surface area contributed by atoms with Crippen LogP contribution in [0, 0.1) is 0 Å². The highest BCUT2D eigenvalue weighted by Gasteiger charge is 2.37. The molecule has 2 fully saturated rings. The molecule has 0 unspecified atom stereocenters. The molecular formula is C28H24F3N7O2. The number of nitrogens with zero attached hydrogens (tertiary/aromatic N) is 6. The van der Waals surface area contributed by atoms with Crippen LogP contribution in [0.4, 0.5) is 13.2 Å². The number of ether oxygens (including phenoxy) is 1. The van der Waals surface area contributed by atoms with Gasteiger partial charge in [-0.3, -0.25) is 4.98 Å². The number of hydrogen-bond donors (Lipinski definition) is 1. The second-order valence-corrected chi connectivity index (χ2v) is 10.1. The summed E-state index contributed by atoms with van der Waals surface area (Å²) in [4.78, 5) is 21.9. The Bertz CT molecular complexity index is 1700. The molecule has 12 heteroatoms. The zero-order valence-electron chi connectivity index (χ0n) is 21.4. The molecule has 7 rings (SSSR count). The largest absolute Gasteiger partial charge is 0.480 e. The Morgan fingerprint density at radius 2 is 1.85 bits per heavy atom. The van der Waals surface area contributed by atoms with E-state index in [2.05, 4.69) is 25.3 Å². The fourth-order valence-electron chi connectivity index (χ4n) is 5.00. The maximum Gasteiger partial charge on any atom is 0.434 e. The molecule has 1 aromatic carbocycles. The van der Waals surface area contributed by atoms with Crippen LogP contribution in [-0.2, 0) is 12.6 Å². The van der Waals surface area contributed by atoms with Crippen LogP contribution >= 0.6 is 0 Å². The van der Waals surface area contributed by atoms with Crippen molar-refractivity contribution in [1.82, 2.24) is 34.8 Å². The van der Waals surface area contributed by atoms with Gasteiger partial charge in [0, 0.05) is 43.4 Å². The van der Waals surface area contributed by atoms with E-state index in [-0.39, 0.29) is 6.04 Å². The molecule has 1 saturated carbocycles. The van der Waals surface area contributed by atoms with Crippen LogP contribution in [0.2, 0.25) is 0 Å². The van der Waals surface area contributed by atoms with E-state index in [0.29, 0.717) is 70.9 Å². The number of methoxy groups -OCH3 is 1. The molecule has 0 bridgehead atoms. The lowest BCUT2D eigenvalue weighted by Crippen LogP contribution is -2.43. The number of alkyl halides is 3. The Hall–Kier alpha value is -4.32. The monoisotopic (exact) mass is 547 g/mol. The summed E-state index contributed by atoms with van der Waals surface area (Å²) in [6.07, 6.45) is 2.31. The summed E-state index contributed by atoms with van der Waals surface area (Å²) in [6, 6.07) is 9.06. The van der Waals surface area contributed by atoms with Crippen molar-refractivity contribution < 1.29 is 22.3 Å². The molecule has 0 spiro atoms. The minimum atomic E-state index is -4.51. The van der Waals surface area contributed by atoms with E-state index < -0.39 is 11.9 Å². The number of fused-ring (bicyclic) bond motifs is 1. The topological polar surface area (TPSA) is 104 Å². The molecule has 204 valence electrons. The summed E-state index contributed by atoms with van der Waals surface area (Å²) in [7, 11) is 1.56. The van der Waals surface area contributed by atoms with Gasteiger partial charge in [-0.15, -0.1) is 0 Å². The third-order valence-electron chi connectivity index (χ3n) is 7.35. The van der Waals surface area contributed by atoms with Crippen LogP contribution in [0.25, 0.3) is 33.9 Å². The molecule has 0 amide bonds. The number of rotatable bonds is 7. The van der Waals surface area contributed by atoms with Gasteiger partial charge in [0.05, 0.1) is 24.5 Å². The van der Waals surface area contributed by atoms with Gasteiger partial charge in [0.2, 0.25) is 11.8 Å². The summed E-state index contributed by atoms with van der Waals surface area (Å²) >= 11 is 0. The average molecular weight is 548 g/mol. The summed E-state index contributed by atoms with van der Waals surface area (Å²) in [5, 5.41) is 3.10. The molecular weight excluding hydrogens is 523 g/mol. The van der Waals surface area contributed by atoms with Crippen molar-refractivity contribution in [3.63, 3.8) is 0 Å². The maximum atomic E-state index is 13.4.